The SMILES string of the molecule is CN=C(NCc1ccc(N2CCC(O)CC2)c(F)c1)NCc1ccco1. The molecule has 1 aliphatic heterocycles. The van der Waals surface area contributed by atoms with Gasteiger partial charge in [0.05, 0.1) is 24.6 Å². The van der Waals surface area contributed by atoms with Gasteiger partial charge in [0.25, 0.3) is 0 Å². The second kappa shape index (κ2) is 8.71. The molecule has 1 aromatic heterocycles. The normalized spacial score (nSPS) is 16.0. The van der Waals surface area contributed by atoms with Gasteiger partial charge in [0.1, 0.15) is 11.6 Å². The Kier molecular flexibility index (Phi) is 6.12. The highest BCUT2D eigenvalue weighted by atomic mass is 19.1. The Labute approximate surface area is 152 Å². The molecule has 0 atom stereocenters. The maximum Gasteiger partial charge on any atom is 0.191 e. The van der Waals surface area contributed by atoms with Crippen molar-refractivity contribution in [2.75, 3.05) is 25.0 Å². The minimum atomic E-state index is -0.266. The first-order valence-electron chi connectivity index (χ1n) is 8.84. The van der Waals surface area contributed by atoms with Gasteiger partial charge in [-0.15, -0.1) is 0 Å². The minimum Gasteiger partial charge on any atom is -0.467 e. The van der Waals surface area contributed by atoms with Crippen molar-refractivity contribution in [3.63, 3.8) is 0 Å². The number of hydrogen-bond acceptors (Lipinski definition) is 4. The van der Waals surface area contributed by atoms with Crippen LogP contribution in [0.4, 0.5) is 10.1 Å². The first kappa shape index (κ1) is 18.3. The molecule has 1 fully saturated rings. The molecule has 0 bridgehead atoms. The first-order valence-corrected chi connectivity index (χ1v) is 8.84. The van der Waals surface area contributed by atoms with Gasteiger partial charge in [-0.25, -0.2) is 4.39 Å². The van der Waals surface area contributed by atoms with Gasteiger partial charge >= 0.3 is 0 Å². The number of guanidine groups is 1. The van der Waals surface area contributed by atoms with E-state index in [9.17, 15) is 9.50 Å². The summed E-state index contributed by atoms with van der Waals surface area (Å²) in [6.45, 7) is 2.35. The predicted octanol–water partition coefficient (Wildman–Crippen LogP) is 2.24. The number of anilines is 1. The fraction of sp³-hybridized carbons (Fsp3) is 0.421. The number of aliphatic hydroxyl groups is 1. The number of rotatable bonds is 5. The fourth-order valence-corrected chi connectivity index (χ4v) is 3.01. The molecule has 0 spiro atoms. The molecule has 1 saturated heterocycles. The van der Waals surface area contributed by atoms with E-state index in [0.717, 1.165) is 11.3 Å². The van der Waals surface area contributed by atoms with Crippen LogP contribution in [0.15, 0.2) is 46.0 Å². The van der Waals surface area contributed by atoms with E-state index in [-0.39, 0.29) is 11.9 Å². The van der Waals surface area contributed by atoms with Crippen LogP contribution in [0.25, 0.3) is 0 Å². The Morgan fingerprint density at radius 1 is 1.27 bits per heavy atom. The van der Waals surface area contributed by atoms with E-state index in [0.29, 0.717) is 50.7 Å². The Morgan fingerprint density at radius 2 is 2.04 bits per heavy atom. The molecule has 3 N–H and O–H groups in total. The highest BCUT2D eigenvalue weighted by molar-refractivity contribution is 5.79. The number of hydrogen-bond donors (Lipinski definition) is 3. The van der Waals surface area contributed by atoms with E-state index < -0.39 is 0 Å². The molecular weight excluding hydrogens is 335 g/mol. The minimum absolute atomic E-state index is 0.237. The second-order valence-corrected chi connectivity index (χ2v) is 6.36. The summed E-state index contributed by atoms with van der Waals surface area (Å²) in [6, 6.07) is 8.99. The van der Waals surface area contributed by atoms with Crippen molar-refractivity contribution in [2.24, 2.45) is 4.99 Å². The van der Waals surface area contributed by atoms with Crippen LogP contribution < -0.4 is 15.5 Å². The van der Waals surface area contributed by atoms with Crippen LogP contribution in [0.2, 0.25) is 0 Å². The molecule has 7 heteroatoms. The number of nitrogens with one attached hydrogen (secondary N) is 2. The number of halogens is 1. The number of nitrogens with zero attached hydrogens (tertiary/aromatic N) is 2. The number of aliphatic imine (C=N–C) groups is 1. The average Bonchev–Trinajstić information content (AvgIpc) is 3.16. The number of aliphatic hydroxyl groups excluding tert-OH is 1. The van der Waals surface area contributed by atoms with E-state index in [1.54, 1.807) is 19.4 Å². The van der Waals surface area contributed by atoms with Gasteiger partial charge in [0.15, 0.2) is 5.96 Å². The van der Waals surface area contributed by atoms with E-state index in [1.807, 2.05) is 29.2 Å². The Balaban J connectivity index is 1.53. The maximum absolute atomic E-state index is 14.5. The summed E-state index contributed by atoms with van der Waals surface area (Å²) < 4.78 is 19.8. The standard InChI is InChI=1S/C19H25FN4O2/c1-21-19(23-13-16-3-2-10-26-16)22-12-14-4-5-18(17(20)11-14)24-8-6-15(25)7-9-24/h2-5,10-11,15,25H,6-9,12-13H2,1H3,(H2,21,22,23). The molecule has 0 radical (unpaired) electrons. The molecule has 1 aromatic carbocycles. The topological polar surface area (TPSA) is 73.0 Å². The third kappa shape index (κ3) is 4.76. The lowest BCUT2D eigenvalue weighted by molar-refractivity contribution is 0.145. The lowest BCUT2D eigenvalue weighted by Crippen LogP contribution is -2.37. The van der Waals surface area contributed by atoms with Gasteiger partial charge < -0.3 is 25.1 Å². The molecule has 3 rings (SSSR count). The highest BCUT2D eigenvalue weighted by Gasteiger charge is 2.19. The van der Waals surface area contributed by atoms with Crippen LogP contribution in [0.1, 0.15) is 24.2 Å². The molecule has 1 aliphatic rings. The third-order valence-corrected chi connectivity index (χ3v) is 4.51. The van der Waals surface area contributed by atoms with Crippen LogP contribution in [-0.4, -0.2) is 37.3 Å². The lowest BCUT2D eigenvalue weighted by atomic mass is 10.1. The molecule has 2 heterocycles. The van der Waals surface area contributed by atoms with E-state index in [4.69, 9.17) is 4.42 Å². The van der Waals surface area contributed by atoms with Crippen molar-refractivity contribution in [1.29, 1.82) is 0 Å². The zero-order valence-corrected chi connectivity index (χ0v) is 14.9. The average molecular weight is 360 g/mol. The van der Waals surface area contributed by atoms with Gasteiger partial charge in [-0.3, -0.25) is 4.99 Å². The zero-order chi connectivity index (χ0) is 18.4. The van der Waals surface area contributed by atoms with Crippen molar-refractivity contribution in [2.45, 2.75) is 32.0 Å². The van der Waals surface area contributed by atoms with Crippen molar-refractivity contribution >= 4 is 11.6 Å². The fourth-order valence-electron chi connectivity index (χ4n) is 3.01. The van der Waals surface area contributed by atoms with Crippen molar-refractivity contribution in [1.82, 2.24) is 10.6 Å². The third-order valence-electron chi connectivity index (χ3n) is 4.51. The number of benzene rings is 1. The highest BCUT2D eigenvalue weighted by Crippen LogP contribution is 2.24. The Hall–Kier alpha value is -2.54. The quantitative estimate of drug-likeness (QED) is 0.563. The molecule has 26 heavy (non-hydrogen) atoms. The summed E-state index contributed by atoms with van der Waals surface area (Å²) in [6.07, 6.45) is 2.72. The van der Waals surface area contributed by atoms with Gasteiger partial charge in [-0.2, -0.15) is 0 Å². The molecule has 140 valence electrons. The van der Waals surface area contributed by atoms with Gasteiger partial charge in [-0.05, 0) is 42.7 Å². The summed E-state index contributed by atoms with van der Waals surface area (Å²) in [7, 11) is 1.69. The summed E-state index contributed by atoms with van der Waals surface area (Å²) >= 11 is 0. The molecule has 6 nitrogen and oxygen atoms in total. The summed E-state index contributed by atoms with van der Waals surface area (Å²) in [5.74, 6) is 1.20. The maximum atomic E-state index is 14.5. The Bertz CT molecular complexity index is 725. The van der Waals surface area contributed by atoms with Crippen LogP contribution in [0.3, 0.4) is 0 Å². The molecule has 2 aromatic rings. The molecule has 0 aliphatic carbocycles. The van der Waals surface area contributed by atoms with Crippen LogP contribution >= 0.6 is 0 Å². The summed E-state index contributed by atoms with van der Waals surface area (Å²) in [5.41, 5.74) is 1.44. The second-order valence-electron chi connectivity index (χ2n) is 6.36. The van der Waals surface area contributed by atoms with Crippen LogP contribution in [0, 0.1) is 5.82 Å². The predicted molar refractivity (Wildman–Crippen MR) is 99.6 cm³/mol. The van der Waals surface area contributed by atoms with Crippen LogP contribution in [-0.2, 0) is 13.1 Å². The monoisotopic (exact) mass is 360 g/mol. The largest absolute Gasteiger partial charge is 0.467 e. The van der Waals surface area contributed by atoms with Gasteiger partial charge in [-0.1, -0.05) is 6.07 Å². The molecule has 0 amide bonds. The van der Waals surface area contributed by atoms with Crippen molar-refractivity contribution in [3.05, 3.63) is 53.7 Å². The number of furan rings is 1. The van der Waals surface area contributed by atoms with E-state index in [1.165, 1.54) is 0 Å². The zero-order valence-electron chi connectivity index (χ0n) is 14.9. The van der Waals surface area contributed by atoms with Crippen molar-refractivity contribution < 1.29 is 13.9 Å². The van der Waals surface area contributed by atoms with Crippen molar-refractivity contribution in [3.8, 4) is 0 Å². The lowest BCUT2D eigenvalue weighted by Gasteiger charge is -2.31. The molecular formula is C19H25FN4O2. The summed E-state index contributed by atoms with van der Waals surface area (Å²) in [4.78, 5) is 6.14. The number of piperidine rings is 1. The van der Waals surface area contributed by atoms with Gasteiger partial charge in [0.2, 0.25) is 0 Å². The molecule has 0 saturated carbocycles. The summed E-state index contributed by atoms with van der Waals surface area (Å²) in [5, 5.41) is 15.9. The van der Waals surface area contributed by atoms with Crippen LogP contribution in [0.5, 0.6) is 0 Å². The van der Waals surface area contributed by atoms with E-state index >= 15 is 0 Å². The molecule has 0 unspecified atom stereocenters. The smallest absolute Gasteiger partial charge is 0.191 e. The Morgan fingerprint density at radius 3 is 2.69 bits per heavy atom. The first-order chi connectivity index (χ1) is 12.7. The van der Waals surface area contributed by atoms with Gasteiger partial charge in [0, 0.05) is 26.7 Å². The van der Waals surface area contributed by atoms with E-state index in [2.05, 4.69) is 15.6 Å².